The lowest BCUT2D eigenvalue weighted by molar-refractivity contribution is -0.140. The van der Waals surface area contributed by atoms with E-state index in [1.54, 1.807) is 0 Å². The first-order chi connectivity index (χ1) is 7.87. The maximum Gasteiger partial charge on any atom is 0.306 e. The Labute approximate surface area is 102 Å². The fraction of sp³-hybridized carbons (Fsp3) is 0.889. The van der Waals surface area contributed by atoms with Crippen LogP contribution >= 0.6 is 0 Å². The van der Waals surface area contributed by atoms with Gasteiger partial charge in [0.1, 0.15) is 0 Å². The normalized spacial score (nSPS) is 22.0. The van der Waals surface area contributed by atoms with Gasteiger partial charge >= 0.3 is 5.97 Å². The first-order valence-corrected chi connectivity index (χ1v) is 6.81. The van der Waals surface area contributed by atoms with Crippen LogP contribution in [-0.4, -0.2) is 62.8 Å². The number of rotatable bonds is 5. The first kappa shape index (κ1) is 14.4. The van der Waals surface area contributed by atoms with Crippen molar-refractivity contribution in [2.45, 2.75) is 18.9 Å². The minimum atomic E-state index is -3.50. The number of hydrogen-bond donors (Lipinski definition) is 1. The molecule has 0 spiro atoms. The largest absolute Gasteiger partial charge is 0.469 e. The summed E-state index contributed by atoms with van der Waals surface area (Å²) in [5.74, 6) is -0.426. The van der Waals surface area contributed by atoms with Crippen LogP contribution in [0, 0.1) is 0 Å². The first-order valence-electron chi connectivity index (χ1n) is 5.41. The minimum Gasteiger partial charge on any atom is -0.469 e. The lowest BCUT2D eigenvalue weighted by Crippen LogP contribution is -2.42. The molecule has 1 saturated heterocycles. The summed E-state index contributed by atoms with van der Waals surface area (Å²) in [7, 11) is -0.776. The standard InChI is InChI=1S/C9H19N3O4S/c1-11(5-4-9(13)16-2)17(14,15)12-6-3-8(10)7-12/h8H,3-7,10H2,1-2H3. The number of esters is 1. The van der Waals surface area contributed by atoms with Crippen molar-refractivity contribution in [2.24, 2.45) is 5.73 Å². The third kappa shape index (κ3) is 3.63. The van der Waals surface area contributed by atoms with E-state index >= 15 is 0 Å². The Morgan fingerprint density at radius 3 is 2.71 bits per heavy atom. The fourth-order valence-corrected chi connectivity index (χ4v) is 3.06. The van der Waals surface area contributed by atoms with Crippen LogP contribution in [0.3, 0.4) is 0 Å². The number of carbonyl (C=O) groups is 1. The molecule has 0 aromatic rings. The quantitative estimate of drug-likeness (QED) is 0.628. The van der Waals surface area contributed by atoms with Crippen LogP contribution in [0.1, 0.15) is 12.8 Å². The molecule has 0 saturated carbocycles. The van der Waals surface area contributed by atoms with Gasteiger partial charge in [-0.15, -0.1) is 0 Å². The highest BCUT2D eigenvalue weighted by Gasteiger charge is 2.32. The zero-order valence-corrected chi connectivity index (χ0v) is 10.9. The average molecular weight is 265 g/mol. The van der Waals surface area contributed by atoms with Crippen molar-refractivity contribution in [3.05, 3.63) is 0 Å². The molecule has 0 amide bonds. The summed E-state index contributed by atoms with van der Waals surface area (Å²) in [4.78, 5) is 10.9. The van der Waals surface area contributed by atoms with Crippen molar-refractivity contribution < 1.29 is 17.9 Å². The molecule has 0 aromatic carbocycles. The molecule has 1 heterocycles. The van der Waals surface area contributed by atoms with Crippen molar-refractivity contribution >= 4 is 16.2 Å². The van der Waals surface area contributed by atoms with Gasteiger partial charge in [-0.3, -0.25) is 4.79 Å². The molecular formula is C9H19N3O4S. The number of carbonyl (C=O) groups excluding carboxylic acids is 1. The highest BCUT2D eigenvalue weighted by Crippen LogP contribution is 2.15. The Bertz CT molecular complexity index is 370. The van der Waals surface area contributed by atoms with E-state index in [1.807, 2.05) is 0 Å². The SMILES string of the molecule is COC(=O)CCN(C)S(=O)(=O)N1CCC(N)C1. The van der Waals surface area contributed by atoms with Crippen molar-refractivity contribution in [1.29, 1.82) is 0 Å². The van der Waals surface area contributed by atoms with Crippen LogP contribution in [0.5, 0.6) is 0 Å². The number of nitrogens with two attached hydrogens (primary N) is 1. The van der Waals surface area contributed by atoms with Crippen LogP contribution in [0.2, 0.25) is 0 Å². The smallest absolute Gasteiger partial charge is 0.306 e. The lowest BCUT2D eigenvalue weighted by atomic mass is 10.3. The predicted molar refractivity (Wildman–Crippen MR) is 62.3 cm³/mol. The maximum absolute atomic E-state index is 12.0. The van der Waals surface area contributed by atoms with Gasteiger partial charge in [-0.05, 0) is 6.42 Å². The van der Waals surface area contributed by atoms with Gasteiger partial charge in [0.25, 0.3) is 10.2 Å². The Morgan fingerprint density at radius 1 is 1.59 bits per heavy atom. The van der Waals surface area contributed by atoms with Gasteiger partial charge in [0.2, 0.25) is 0 Å². The molecule has 2 N–H and O–H groups in total. The molecule has 1 unspecified atom stereocenters. The molecule has 1 rings (SSSR count). The Morgan fingerprint density at radius 2 is 2.24 bits per heavy atom. The van der Waals surface area contributed by atoms with Crippen LogP contribution < -0.4 is 5.73 Å². The van der Waals surface area contributed by atoms with Crippen molar-refractivity contribution in [3.63, 3.8) is 0 Å². The molecule has 17 heavy (non-hydrogen) atoms. The number of hydrogen-bond acceptors (Lipinski definition) is 5. The molecule has 100 valence electrons. The van der Waals surface area contributed by atoms with Crippen LogP contribution in [0.25, 0.3) is 0 Å². The Balaban J connectivity index is 2.55. The van der Waals surface area contributed by atoms with E-state index in [-0.39, 0.29) is 19.0 Å². The van der Waals surface area contributed by atoms with Crippen molar-refractivity contribution in [3.8, 4) is 0 Å². The van der Waals surface area contributed by atoms with E-state index in [4.69, 9.17) is 5.73 Å². The van der Waals surface area contributed by atoms with Gasteiger partial charge < -0.3 is 10.5 Å². The third-order valence-electron chi connectivity index (χ3n) is 2.77. The summed E-state index contributed by atoms with van der Waals surface area (Å²) < 4.78 is 31.0. The second kappa shape index (κ2) is 5.76. The van der Waals surface area contributed by atoms with Gasteiger partial charge in [-0.25, -0.2) is 0 Å². The summed E-state index contributed by atoms with van der Waals surface area (Å²) in [5.41, 5.74) is 5.67. The second-order valence-electron chi connectivity index (χ2n) is 4.06. The van der Waals surface area contributed by atoms with Crippen LogP contribution in [-0.2, 0) is 19.7 Å². The summed E-state index contributed by atoms with van der Waals surface area (Å²) in [5, 5.41) is 0. The summed E-state index contributed by atoms with van der Waals surface area (Å²) in [6.07, 6.45) is 0.718. The molecule has 8 heteroatoms. The molecule has 1 atom stereocenters. The van der Waals surface area contributed by atoms with Gasteiger partial charge in [0, 0.05) is 32.7 Å². The summed E-state index contributed by atoms with van der Waals surface area (Å²) in [6.45, 7) is 0.887. The minimum absolute atomic E-state index is 0.0477. The average Bonchev–Trinajstić information content (AvgIpc) is 2.72. The molecule has 7 nitrogen and oxygen atoms in total. The molecule has 0 bridgehead atoms. The predicted octanol–water partition coefficient (Wildman–Crippen LogP) is -1.24. The van der Waals surface area contributed by atoms with E-state index in [0.29, 0.717) is 19.5 Å². The van der Waals surface area contributed by atoms with Gasteiger partial charge in [-0.2, -0.15) is 17.0 Å². The van der Waals surface area contributed by atoms with Gasteiger partial charge in [0.15, 0.2) is 0 Å². The van der Waals surface area contributed by atoms with E-state index in [2.05, 4.69) is 4.74 Å². The molecular weight excluding hydrogens is 246 g/mol. The molecule has 1 fully saturated rings. The number of nitrogens with zero attached hydrogens (tertiary/aromatic N) is 2. The highest BCUT2D eigenvalue weighted by molar-refractivity contribution is 7.86. The van der Waals surface area contributed by atoms with E-state index < -0.39 is 16.2 Å². The second-order valence-corrected chi connectivity index (χ2v) is 6.10. The van der Waals surface area contributed by atoms with Gasteiger partial charge in [0.05, 0.1) is 13.5 Å². The van der Waals surface area contributed by atoms with E-state index in [0.717, 1.165) is 4.31 Å². The molecule has 0 radical (unpaired) electrons. The lowest BCUT2D eigenvalue weighted by Gasteiger charge is -2.23. The topological polar surface area (TPSA) is 92.9 Å². The van der Waals surface area contributed by atoms with E-state index in [9.17, 15) is 13.2 Å². The molecule has 1 aliphatic rings. The third-order valence-corrected chi connectivity index (χ3v) is 4.72. The Kier molecular flexibility index (Phi) is 4.87. The van der Waals surface area contributed by atoms with Gasteiger partial charge in [-0.1, -0.05) is 0 Å². The molecule has 0 aliphatic carbocycles. The van der Waals surface area contributed by atoms with Crippen molar-refractivity contribution in [1.82, 2.24) is 8.61 Å². The Hall–Kier alpha value is -0.700. The zero-order valence-electron chi connectivity index (χ0n) is 10.1. The summed E-state index contributed by atoms with van der Waals surface area (Å²) in [6, 6.07) is -0.0983. The van der Waals surface area contributed by atoms with Crippen LogP contribution in [0.15, 0.2) is 0 Å². The monoisotopic (exact) mass is 265 g/mol. The maximum atomic E-state index is 12.0. The van der Waals surface area contributed by atoms with Crippen molar-refractivity contribution in [2.75, 3.05) is 33.8 Å². The summed E-state index contributed by atoms with van der Waals surface area (Å²) >= 11 is 0. The zero-order chi connectivity index (χ0) is 13.1. The fourth-order valence-electron chi connectivity index (χ4n) is 1.63. The van der Waals surface area contributed by atoms with E-state index in [1.165, 1.54) is 18.5 Å². The number of ether oxygens (including phenoxy) is 1. The number of methoxy groups -OCH3 is 1. The molecule has 0 aromatic heterocycles. The molecule has 1 aliphatic heterocycles. The van der Waals surface area contributed by atoms with Crippen LogP contribution in [0.4, 0.5) is 0 Å². The highest BCUT2D eigenvalue weighted by atomic mass is 32.2.